The van der Waals surface area contributed by atoms with Crippen molar-refractivity contribution in [2.75, 3.05) is 23.0 Å². The van der Waals surface area contributed by atoms with Gasteiger partial charge in [-0.15, -0.1) is 0 Å². The molecule has 0 atom stereocenters. The van der Waals surface area contributed by atoms with E-state index in [4.69, 9.17) is 11.6 Å². The smallest absolute Gasteiger partial charge is 0.259 e. The average molecular weight is 411 g/mol. The van der Waals surface area contributed by atoms with Crippen molar-refractivity contribution in [2.24, 2.45) is 0 Å². The molecule has 1 heterocycles. The molecule has 0 saturated carbocycles. The van der Waals surface area contributed by atoms with Crippen LogP contribution in [0.3, 0.4) is 0 Å². The molecule has 2 aromatic carbocycles. The number of rotatable bonds is 5. The Balaban J connectivity index is 1.88. The molecule has 0 spiro atoms. The molecule has 0 aliphatic heterocycles. The molecule has 148 valence electrons. The van der Waals surface area contributed by atoms with Crippen molar-refractivity contribution in [1.82, 2.24) is 4.98 Å². The summed E-state index contributed by atoms with van der Waals surface area (Å²) in [4.78, 5) is 29.4. The Kier molecular flexibility index (Phi) is 5.99. The van der Waals surface area contributed by atoms with Gasteiger partial charge >= 0.3 is 0 Å². The summed E-state index contributed by atoms with van der Waals surface area (Å²) in [6, 6.07) is 13.0. The number of aromatic nitrogens is 1. The molecular formula is C21H19ClN4O3. The van der Waals surface area contributed by atoms with Crippen molar-refractivity contribution in [2.45, 2.75) is 6.92 Å². The maximum atomic E-state index is 12.8. The molecule has 4 N–H and O–H groups in total. The minimum Gasteiger partial charge on any atom is -0.506 e. The van der Waals surface area contributed by atoms with Gasteiger partial charge in [0.15, 0.2) is 0 Å². The predicted molar refractivity (Wildman–Crippen MR) is 114 cm³/mol. The topological polar surface area (TPSA) is 103 Å². The van der Waals surface area contributed by atoms with Crippen LogP contribution in [-0.2, 0) is 0 Å². The molecule has 2 amide bonds. The number of hydrogen-bond acceptors (Lipinski definition) is 5. The van der Waals surface area contributed by atoms with Gasteiger partial charge in [0.1, 0.15) is 11.6 Å². The van der Waals surface area contributed by atoms with Gasteiger partial charge in [-0.2, -0.15) is 0 Å². The van der Waals surface area contributed by atoms with Crippen LogP contribution in [-0.4, -0.2) is 29.0 Å². The number of hydrogen-bond donors (Lipinski definition) is 4. The van der Waals surface area contributed by atoms with Gasteiger partial charge in [0.25, 0.3) is 11.8 Å². The fourth-order valence-corrected chi connectivity index (χ4v) is 2.80. The van der Waals surface area contributed by atoms with E-state index in [-0.39, 0.29) is 17.0 Å². The van der Waals surface area contributed by atoms with Crippen molar-refractivity contribution in [1.29, 1.82) is 0 Å². The van der Waals surface area contributed by atoms with Crippen molar-refractivity contribution in [3.05, 3.63) is 76.4 Å². The summed E-state index contributed by atoms with van der Waals surface area (Å²) in [6.45, 7) is 1.74. The van der Waals surface area contributed by atoms with E-state index >= 15 is 0 Å². The van der Waals surface area contributed by atoms with E-state index < -0.39 is 11.8 Å². The lowest BCUT2D eigenvalue weighted by Crippen LogP contribution is -2.19. The Morgan fingerprint density at radius 3 is 2.34 bits per heavy atom. The Labute approximate surface area is 172 Å². The summed E-state index contributed by atoms with van der Waals surface area (Å²) < 4.78 is 0. The minimum atomic E-state index is -0.528. The molecule has 0 unspecified atom stereocenters. The highest BCUT2D eigenvalue weighted by Crippen LogP contribution is 2.30. The van der Waals surface area contributed by atoms with Crippen molar-refractivity contribution < 1.29 is 14.7 Å². The lowest BCUT2D eigenvalue weighted by atomic mass is 10.1. The second-order valence-electron chi connectivity index (χ2n) is 6.30. The molecule has 1 aromatic heterocycles. The summed E-state index contributed by atoms with van der Waals surface area (Å²) in [5, 5.41) is 19.0. The fourth-order valence-electron chi connectivity index (χ4n) is 2.69. The van der Waals surface area contributed by atoms with Crippen LogP contribution in [0.25, 0.3) is 0 Å². The summed E-state index contributed by atoms with van der Waals surface area (Å²) in [5.74, 6) is -0.898. The van der Waals surface area contributed by atoms with Crippen LogP contribution in [0, 0.1) is 6.92 Å². The Morgan fingerprint density at radius 1 is 1.00 bits per heavy atom. The molecule has 3 aromatic rings. The van der Waals surface area contributed by atoms with Crippen LogP contribution in [0.15, 0.2) is 54.7 Å². The van der Waals surface area contributed by atoms with E-state index in [1.54, 1.807) is 56.4 Å². The van der Waals surface area contributed by atoms with Gasteiger partial charge in [0.2, 0.25) is 0 Å². The van der Waals surface area contributed by atoms with Crippen molar-refractivity contribution >= 4 is 40.6 Å². The van der Waals surface area contributed by atoms with Crippen molar-refractivity contribution in [3.8, 4) is 5.75 Å². The third kappa shape index (κ3) is 4.83. The average Bonchev–Trinajstić information content (AvgIpc) is 2.71. The molecule has 29 heavy (non-hydrogen) atoms. The van der Waals surface area contributed by atoms with Gasteiger partial charge in [-0.3, -0.25) is 9.59 Å². The normalized spacial score (nSPS) is 10.3. The van der Waals surface area contributed by atoms with Gasteiger partial charge in [0.05, 0.1) is 16.3 Å². The Morgan fingerprint density at radius 2 is 1.72 bits per heavy atom. The maximum absolute atomic E-state index is 12.8. The highest BCUT2D eigenvalue weighted by Gasteiger charge is 2.19. The Bertz CT molecular complexity index is 1050. The first-order valence-electron chi connectivity index (χ1n) is 8.73. The number of pyridine rings is 1. The van der Waals surface area contributed by atoms with E-state index in [1.165, 1.54) is 12.3 Å². The van der Waals surface area contributed by atoms with Gasteiger partial charge in [-0.05, 0) is 61.0 Å². The first-order valence-corrected chi connectivity index (χ1v) is 9.11. The van der Waals surface area contributed by atoms with Crippen LogP contribution >= 0.6 is 11.6 Å². The van der Waals surface area contributed by atoms with Gasteiger partial charge in [0, 0.05) is 24.5 Å². The summed E-state index contributed by atoms with van der Waals surface area (Å²) >= 11 is 5.81. The lowest BCUT2D eigenvalue weighted by Gasteiger charge is -2.14. The van der Waals surface area contributed by atoms with E-state index in [0.29, 0.717) is 22.0 Å². The zero-order valence-corrected chi connectivity index (χ0v) is 16.5. The van der Waals surface area contributed by atoms with E-state index in [1.807, 2.05) is 0 Å². The zero-order valence-electron chi connectivity index (χ0n) is 15.8. The van der Waals surface area contributed by atoms with Crippen LogP contribution in [0.5, 0.6) is 5.75 Å². The highest BCUT2D eigenvalue weighted by molar-refractivity contribution is 6.30. The van der Waals surface area contributed by atoms with Crippen molar-refractivity contribution in [3.63, 3.8) is 0 Å². The number of anilines is 3. The quantitative estimate of drug-likeness (QED) is 0.470. The molecular weight excluding hydrogens is 392 g/mol. The largest absolute Gasteiger partial charge is 0.506 e. The molecule has 3 rings (SSSR count). The number of nitrogens with zero attached hydrogens (tertiary/aromatic N) is 1. The molecule has 0 bridgehead atoms. The summed E-state index contributed by atoms with van der Waals surface area (Å²) in [5.41, 5.74) is 2.03. The molecule has 0 aliphatic carbocycles. The van der Waals surface area contributed by atoms with Crippen LogP contribution in [0.4, 0.5) is 17.2 Å². The van der Waals surface area contributed by atoms with Gasteiger partial charge in [-0.1, -0.05) is 11.6 Å². The predicted octanol–water partition coefficient (Wildman–Crippen LogP) is 4.30. The number of carbonyl (C=O) groups is 2. The number of aromatic hydroxyl groups is 1. The highest BCUT2D eigenvalue weighted by atomic mass is 35.5. The number of nitrogens with one attached hydrogen (secondary N) is 3. The number of aryl methyl sites for hydroxylation is 1. The van der Waals surface area contributed by atoms with Crippen LogP contribution < -0.4 is 16.0 Å². The SMILES string of the molecule is CNc1ccc(C(=O)Nc2c(O)cc(C)cc2C(=O)Nc2ccc(Cl)cn2)cc1. The minimum absolute atomic E-state index is 0.0183. The van der Waals surface area contributed by atoms with E-state index in [9.17, 15) is 14.7 Å². The number of phenols is 1. The third-order valence-electron chi connectivity index (χ3n) is 4.15. The molecule has 0 saturated heterocycles. The third-order valence-corrected chi connectivity index (χ3v) is 4.37. The first-order chi connectivity index (χ1) is 13.9. The van der Waals surface area contributed by atoms with E-state index in [2.05, 4.69) is 20.9 Å². The monoisotopic (exact) mass is 410 g/mol. The summed E-state index contributed by atoms with van der Waals surface area (Å²) in [6.07, 6.45) is 1.41. The number of carbonyl (C=O) groups excluding carboxylic acids is 2. The second kappa shape index (κ2) is 8.62. The molecule has 0 aliphatic rings. The first kappa shape index (κ1) is 20.2. The van der Waals surface area contributed by atoms with Crippen LogP contribution in [0.1, 0.15) is 26.3 Å². The number of phenolic OH excluding ortho intramolecular Hbond substituents is 1. The van der Waals surface area contributed by atoms with Crippen LogP contribution in [0.2, 0.25) is 5.02 Å². The number of amides is 2. The fraction of sp³-hybridized carbons (Fsp3) is 0.0952. The van der Waals surface area contributed by atoms with E-state index in [0.717, 1.165) is 5.69 Å². The van der Waals surface area contributed by atoms with Gasteiger partial charge in [-0.25, -0.2) is 4.98 Å². The molecule has 0 fully saturated rings. The summed E-state index contributed by atoms with van der Waals surface area (Å²) in [7, 11) is 1.78. The maximum Gasteiger partial charge on any atom is 0.259 e. The number of benzene rings is 2. The lowest BCUT2D eigenvalue weighted by molar-refractivity contribution is 0.102. The zero-order chi connectivity index (χ0) is 21.0. The Hall–Kier alpha value is -3.58. The van der Waals surface area contributed by atoms with Gasteiger partial charge < -0.3 is 21.1 Å². The molecule has 0 radical (unpaired) electrons. The number of halogens is 1. The molecule has 8 heteroatoms. The standard InChI is InChI=1S/C21H19ClN4O3/c1-12-9-16(21(29)25-18-8-5-14(22)11-24-18)19(17(27)10-12)26-20(28)13-3-6-15(23-2)7-4-13/h3-11,23,27H,1-2H3,(H,26,28)(H,24,25,29). The molecule has 7 nitrogen and oxygen atoms in total. The second-order valence-corrected chi connectivity index (χ2v) is 6.74.